The van der Waals surface area contributed by atoms with Gasteiger partial charge >= 0.3 is 0 Å². The maximum atomic E-state index is 11.8. The molecular weight excluding hydrogens is 224 g/mol. The molecule has 0 aliphatic heterocycles. The van der Waals surface area contributed by atoms with Gasteiger partial charge in [0.15, 0.2) is 0 Å². The zero-order chi connectivity index (χ0) is 12.3. The number of aryl methyl sites for hydroxylation is 1. The molecule has 1 heterocycles. The monoisotopic (exact) mass is 242 g/mol. The van der Waals surface area contributed by atoms with E-state index in [1.54, 1.807) is 18.8 Å². The van der Waals surface area contributed by atoms with Crippen LogP contribution in [0.4, 0.5) is 5.69 Å². The van der Waals surface area contributed by atoms with Crippen LogP contribution in [0.15, 0.2) is 6.20 Å². The smallest absolute Gasteiger partial charge is 0.271 e. The Bertz CT molecular complexity index is 367. The van der Waals surface area contributed by atoms with Gasteiger partial charge in [0.1, 0.15) is 5.69 Å². The van der Waals surface area contributed by atoms with Gasteiger partial charge in [-0.2, -0.15) is 16.9 Å². The fraction of sp³-hybridized carbons (Fsp3) is 0.600. The number of carbonyl (C=O) groups excluding carboxylic acids is 1. The fourth-order valence-electron chi connectivity index (χ4n) is 1.18. The molecule has 0 bridgehead atoms. The number of carbonyl (C=O) groups is 1. The van der Waals surface area contributed by atoms with Crippen molar-refractivity contribution in [3.8, 4) is 0 Å². The van der Waals surface area contributed by atoms with Crippen molar-refractivity contribution in [3.63, 3.8) is 0 Å². The summed E-state index contributed by atoms with van der Waals surface area (Å²) in [5.41, 5.74) is 6.48. The minimum Gasteiger partial charge on any atom is -0.396 e. The van der Waals surface area contributed by atoms with E-state index in [2.05, 4.69) is 24.3 Å². The third-order valence-corrected chi connectivity index (χ3v) is 3.66. The summed E-state index contributed by atoms with van der Waals surface area (Å²) in [5, 5.41) is 6.78. The topological polar surface area (TPSA) is 72.9 Å². The van der Waals surface area contributed by atoms with Gasteiger partial charge in [0.05, 0.1) is 11.9 Å². The standard InChI is InChI=1S/C10H18N4OS/c1-10(2,16-4)6-12-9(15)8-7(11)5-13-14(8)3/h5H,6,11H2,1-4H3,(H,12,15). The van der Waals surface area contributed by atoms with E-state index in [9.17, 15) is 4.79 Å². The molecule has 0 atom stereocenters. The summed E-state index contributed by atoms with van der Waals surface area (Å²) in [5.74, 6) is -0.181. The average molecular weight is 242 g/mol. The van der Waals surface area contributed by atoms with Crippen molar-refractivity contribution in [1.29, 1.82) is 0 Å². The highest BCUT2D eigenvalue weighted by atomic mass is 32.2. The van der Waals surface area contributed by atoms with Gasteiger partial charge < -0.3 is 11.1 Å². The Labute approximate surface area is 99.8 Å². The van der Waals surface area contributed by atoms with Gasteiger partial charge in [-0.25, -0.2) is 0 Å². The van der Waals surface area contributed by atoms with E-state index >= 15 is 0 Å². The zero-order valence-electron chi connectivity index (χ0n) is 10.1. The SMILES string of the molecule is CSC(C)(C)CNC(=O)c1c(N)cnn1C. The molecule has 0 unspecified atom stereocenters. The average Bonchev–Trinajstić information content (AvgIpc) is 2.55. The lowest BCUT2D eigenvalue weighted by atomic mass is 10.2. The van der Waals surface area contributed by atoms with E-state index < -0.39 is 0 Å². The summed E-state index contributed by atoms with van der Waals surface area (Å²) in [7, 11) is 1.70. The van der Waals surface area contributed by atoms with E-state index in [0.717, 1.165) is 0 Å². The second-order valence-electron chi connectivity index (χ2n) is 4.22. The highest BCUT2D eigenvalue weighted by Crippen LogP contribution is 2.20. The van der Waals surface area contributed by atoms with E-state index in [0.29, 0.717) is 17.9 Å². The minimum absolute atomic E-state index is 0.0169. The molecule has 0 fully saturated rings. The highest BCUT2D eigenvalue weighted by molar-refractivity contribution is 7.99. The molecule has 90 valence electrons. The number of hydrogen-bond donors (Lipinski definition) is 2. The zero-order valence-corrected chi connectivity index (χ0v) is 10.9. The number of thioether (sulfide) groups is 1. The number of nitrogens with one attached hydrogen (secondary N) is 1. The first-order chi connectivity index (χ1) is 7.37. The molecule has 0 spiro atoms. The molecule has 5 nitrogen and oxygen atoms in total. The number of aromatic nitrogens is 2. The van der Waals surface area contributed by atoms with Crippen molar-refractivity contribution >= 4 is 23.4 Å². The quantitative estimate of drug-likeness (QED) is 0.822. The van der Waals surface area contributed by atoms with Crippen molar-refractivity contribution in [2.75, 3.05) is 18.5 Å². The lowest BCUT2D eigenvalue weighted by molar-refractivity contribution is 0.0942. The van der Waals surface area contributed by atoms with Crippen LogP contribution in [-0.4, -0.2) is 33.2 Å². The molecule has 0 aliphatic carbocycles. The summed E-state index contributed by atoms with van der Waals surface area (Å²) in [6.07, 6.45) is 3.50. The summed E-state index contributed by atoms with van der Waals surface area (Å²) in [6, 6.07) is 0. The summed E-state index contributed by atoms with van der Waals surface area (Å²) in [6.45, 7) is 4.74. The Balaban J connectivity index is 2.67. The molecule has 1 rings (SSSR count). The molecule has 1 amide bonds. The molecule has 16 heavy (non-hydrogen) atoms. The van der Waals surface area contributed by atoms with Crippen molar-refractivity contribution in [2.24, 2.45) is 7.05 Å². The highest BCUT2D eigenvalue weighted by Gasteiger charge is 2.20. The van der Waals surface area contributed by atoms with E-state index in [1.807, 2.05) is 6.26 Å². The molecule has 1 aromatic rings. The maximum Gasteiger partial charge on any atom is 0.271 e. The van der Waals surface area contributed by atoms with Crippen LogP contribution in [0, 0.1) is 0 Å². The Kier molecular flexibility index (Phi) is 3.85. The number of amides is 1. The fourth-order valence-corrected chi connectivity index (χ4v) is 1.40. The van der Waals surface area contributed by atoms with Gasteiger partial charge in [0.25, 0.3) is 5.91 Å². The first-order valence-electron chi connectivity index (χ1n) is 4.98. The summed E-state index contributed by atoms with van der Waals surface area (Å²) in [4.78, 5) is 11.8. The van der Waals surface area contributed by atoms with Crippen LogP contribution in [0.25, 0.3) is 0 Å². The van der Waals surface area contributed by atoms with Crippen molar-refractivity contribution < 1.29 is 4.79 Å². The Hall–Kier alpha value is -1.17. The molecule has 0 saturated heterocycles. The van der Waals surface area contributed by atoms with Gasteiger partial charge in [-0.3, -0.25) is 9.48 Å². The van der Waals surface area contributed by atoms with Crippen LogP contribution in [0.1, 0.15) is 24.3 Å². The number of rotatable bonds is 4. The molecule has 6 heteroatoms. The molecular formula is C10H18N4OS. The molecule has 3 N–H and O–H groups in total. The van der Waals surface area contributed by atoms with Crippen molar-refractivity contribution in [1.82, 2.24) is 15.1 Å². The minimum atomic E-state index is -0.181. The lowest BCUT2D eigenvalue weighted by Crippen LogP contribution is -2.37. The van der Waals surface area contributed by atoms with Crippen LogP contribution in [0.2, 0.25) is 0 Å². The second-order valence-corrected chi connectivity index (χ2v) is 5.73. The molecule has 0 aliphatic rings. The number of nitrogens with zero attached hydrogens (tertiary/aromatic N) is 2. The Morgan fingerprint density at radius 3 is 2.75 bits per heavy atom. The van der Waals surface area contributed by atoms with Gasteiger partial charge in [-0.05, 0) is 20.1 Å². The molecule has 0 aromatic carbocycles. The van der Waals surface area contributed by atoms with Crippen LogP contribution in [-0.2, 0) is 7.05 Å². The first kappa shape index (κ1) is 12.9. The summed E-state index contributed by atoms with van der Waals surface area (Å²) < 4.78 is 1.50. The van der Waals surface area contributed by atoms with Crippen LogP contribution in [0.3, 0.4) is 0 Å². The third kappa shape index (κ3) is 2.91. The lowest BCUT2D eigenvalue weighted by Gasteiger charge is -2.22. The van der Waals surface area contributed by atoms with Crippen molar-refractivity contribution in [3.05, 3.63) is 11.9 Å². The number of nitrogen functional groups attached to an aromatic ring is 1. The van der Waals surface area contributed by atoms with Gasteiger partial charge in [-0.1, -0.05) is 0 Å². The largest absolute Gasteiger partial charge is 0.396 e. The maximum absolute atomic E-state index is 11.8. The predicted octanol–water partition coefficient (Wildman–Crippen LogP) is 0.874. The van der Waals surface area contributed by atoms with E-state index in [1.165, 1.54) is 10.9 Å². The molecule has 0 radical (unpaired) electrons. The molecule has 1 aromatic heterocycles. The molecule has 0 saturated carbocycles. The second kappa shape index (κ2) is 4.78. The summed E-state index contributed by atoms with van der Waals surface area (Å²) >= 11 is 1.71. The number of hydrogen-bond acceptors (Lipinski definition) is 4. The van der Waals surface area contributed by atoms with Gasteiger partial charge in [0.2, 0.25) is 0 Å². The number of anilines is 1. The van der Waals surface area contributed by atoms with E-state index in [-0.39, 0.29) is 10.7 Å². The third-order valence-electron chi connectivity index (χ3n) is 2.41. The number of nitrogens with two attached hydrogens (primary N) is 1. The Morgan fingerprint density at radius 2 is 2.31 bits per heavy atom. The van der Waals surface area contributed by atoms with Crippen molar-refractivity contribution in [2.45, 2.75) is 18.6 Å². The van der Waals surface area contributed by atoms with Gasteiger partial charge in [-0.15, -0.1) is 0 Å². The van der Waals surface area contributed by atoms with Crippen LogP contribution < -0.4 is 11.1 Å². The Morgan fingerprint density at radius 1 is 1.69 bits per heavy atom. The van der Waals surface area contributed by atoms with E-state index in [4.69, 9.17) is 5.73 Å². The predicted molar refractivity (Wildman–Crippen MR) is 67.5 cm³/mol. The van der Waals surface area contributed by atoms with Crippen LogP contribution in [0.5, 0.6) is 0 Å². The normalized spacial score (nSPS) is 11.5. The first-order valence-corrected chi connectivity index (χ1v) is 6.20. The van der Waals surface area contributed by atoms with Crippen LogP contribution >= 0.6 is 11.8 Å². The van der Waals surface area contributed by atoms with Gasteiger partial charge in [0, 0.05) is 18.3 Å².